The number of esters is 2. The van der Waals surface area contributed by atoms with E-state index < -0.39 is 24.3 Å². The number of hydrogen-bond donors (Lipinski definition) is 1. The number of likely N-dealkylation sites (N-methyl/N-ethyl adjacent to an activating group) is 1. The van der Waals surface area contributed by atoms with Gasteiger partial charge in [0.1, 0.15) is 13.2 Å². The first-order valence-electron chi connectivity index (χ1n) is 26.1. The minimum Gasteiger partial charge on any atom is -0.477 e. The van der Waals surface area contributed by atoms with Crippen molar-refractivity contribution in [3.05, 3.63) is 72.9 Å². The van der Waals surface area contributed by atoms with E-state index in [1.807, 2.05) is 21.1 Å². The Morgan fingerprint density at radius 1 is 0.477 bits per heavy atom. The van der Waals surface area contributed by atoms with Crippen LogP contribution in [-0.4, -0.2) is 87.4 Å². The molecule has 0 saturated heterocycles. The molecule has 1 N–H and O–H groups in total. The summed E-state index contributed by atoms with van der Waals surface area (Å²) < 4.78 is 22.8. The zero-order valence-electron chi connectivity index (χ0n) is 42.4. The average molecular weight is 913 g/mol. The van der Waals surface area contributed by atoms with Gasteiger partial charge in [0.25, 0.3) is 6.29 Å². The lowest BCUT2D eigenvalue weighted by atomic mass is 10.0. The number of carbonyl (C=O) groups is 3. The lowest BCUT2D eigenvalue weighted by Gasteiger charge is -2.25. The van der Waals surface area contributed by atoms with E-state index in [1.54, 1.807) is 0 Å². The molecule has 0 spiro atoms. The van der Waals surface area contributed by atoms with Crippen LogP contribution in [0.2, 0.25) is 0 Å². The third-order valence-electron chi connectivity index (χ3n) is 11.0. The predicted molar refractivity (Wildman–Crippen MR) is 272 cm³/mol. The molecule has 0 aliphatic rings. The number of hydrogen-bond acceptors (Lipinski definition) is 7. The molecule has 0 radical (unpaired) electrons. The van der Waals surface area contributed by atoms with Gasteiger partial charge in [0.2, 0.25) is 0 Å². The van der Waals surface area contributed by atoms with Crippen molar-refractivity contribution in [3.8, 4) is 0 Å². The maximum absolute atomic E-state index is 12.8. The lowest BCUT2D eigenvalue weighted by molar-refractivity contribution is -0.870. The van der Waals surface area contributed by atoms with Crippen LogP contribution in [0.25, 0.3) is 0 Å². The third kappa shape index (κ3) is 48.5. The maximum Gasteiger partial charge on any atom is 0.361 e. The maximum atomic E-state index is 12.8. The number of quaternary nitrogens is 1. The monoisotopic (exact) mass is 913 g/mol. The van der Waals surface area contributed by atoms with E-state index in [1.165, 1.54) is 89.9 Å². The Labute approximate surface area is 398 Å². The summed E-state index contributed by atoms with van der Waals surface area (Å²) in [6.45, 7) is 4.74. The van der Waals surface area contributed by atoms with E-state index >= 15 is 0 Å². The van der Waals surface area contributed by atoms with Crippen LogP contribution in [0.15, 0.2) is 72.9 Å². The number of rotatable bonds is 47. The highest BCUT2D eigenvalue weighted by atomic mass is 16.7. The molecule has 2 unspecified atom stereocenters. The fraction of sp³-hybridized carbons (Fsp3) is 0.732. The summed E-state index contributed by atoms with van der Waals surface area (Å²) in [4.78, 5) is 37.3. The van der Waals surface area contributed by atoms with Gasteiger partial charge in [-0.25, -0.2) is 4.79 Å². The zero-order valence-corrected chi connectivity index (χ0v) is 42.4. The van der Waals surface area contributed by atoms with Crippen molar-refractivity contribution in [2.75, 3.05) is 47.5 Å². The zero-order chi connectivity index (χ0) is 47.7. The van der Waals surface area contributed by atoms with Gasteiger partial charge in [0, 0.05) is 12.8 Å². The highest BCUT2D eigenvalue weighted by Crippen LogP contribution is 2.15. The van der Waals surface area contributed by atoms with Crippen molar-refractivity contribution < 1.29 is 42.9 Å². The van der Waals surface area contributed by atoms with Crippen LogP contribution in [0.1, 0.15) is 206 Å². The summed E-state index contributed by atoms with van der Waals surface area (Å²) >= 11 is 0. The van der Waals surface area contributed by atoms with Gasteiger partial charge in [-0.15, -0.1) is 0 Å². The van der Waals surface area contributed by atoms with Gasteiger partial charge in [-0.05, 0) is 64.2 Å². The molecule has 0 aromatic rings. The summed E-state index contributed by atoms with van der Waals surface area (Å²) in [5, 5.41) is 9.67. The average Bonchev–Trinajstić information content (AvgIpc) is 3.27. The first-order valence-corrected chi connectivity index (χ1v) is 26.1. The van der Waals surface area contributed by atoms with Crippen LogP contribution < -0.4 is 0 Å². The number of allylic oxidation sites excluding steroid dienone is 12. The van der Waals surface area contributed by atoms with Crippen LogP contribution in [0, 0.1) is 0 Å². The summed E-state index contributed by atoms with van der Waals surface area (Å²) in [5.74, 6) is -2.04. The molecule has 0 fully saturated rings. The van der Waals surface area contributed by atoms with Crippen molar-refractivity contribution in [1.82, 2.24) is 0 Å². The van der Waals surface area contributed by atoms with E-state index in [4.69, 9.17) is 18.9 Å². The summed E-state index contributed by atoms with van der Waals surface area (Å²) in [7, 11) is 5.95. The van der Waals surface area contributed by atoms with Crippen molar-refractivity contribution in [1.29, 1.82) is 0 Å². The number of aliphatic carboxylic acids is 1. The van der Waals surface area contributed by atoms with Crippen molar-refractivity contribution in [2.24, 2.45) is 0 Å². The van der Waals surface area contributed by atoms with Crippen molar-refractivity contribution >= 4 is 17.9 Å². The van der Waals surface area contributed by atoms with E-state index in [0.717, 1.165) is 83.5 Å². The number of unbranched alkanes of at least 4 members (excludes halogenated alkanes) is 20. The van der Waals surface area contributed by atoms with Gasteiger partial charge < -0.3 is 28.5 Å². The molecule has 0 rings (SSSR count). The Bertz CT molecular complexity index is 1290. The Kier molecular flexibility index (Phi) is 44.9. The number of carboxylic acids is 1. The topological polar surface area (TPSA) is 108 Å². The van der Waals surface area contributed by atoms with Gasteiger partial charge in [-0.1, -0.05) is 202 Å². The molecule has 0 saturated carbocycles. The predicted octanol–water partition coefficient (Wildman–Crippen LogP) is 14.7. The first kappa shape index (κ1) is 61.7. The molecule has 0 aliphatic carbocycles. The molecule has 9 heteroatoms. The second kappa shape index (κ2) is 47.2. The second-order valence-corrected chi connectivity index (χ2v) is 18.5. The van der Waals surface area contributed by atoms with Gasteiger partial charge in [0.15, 0.2) is 6.10 Å². The molecule has 0 heterocycles. The molecule has 374 valence electrons. The molecular weight excluding hydrogens is 815 g/mol. The molecule has 65 heavy (non-hydrogen) atoms. The Balaban J connectivity index is 4.40. The lowest BCUT2D eigenvalue weighted by Crippen LogP contribution is -2.40. The smallest absolute Gasteiger partial charge is 0.361 e. The highest BCUT2D eigenvalue weighted by molar-refractivity contribution is 5.71. The van der Waals surface area contributed by atoms with Gasteiger partial charge in [0.05, 0.1) is 34.4 Å². The standard InChI is InChI=1S/C56H97NO8/c1-6-8-10-12-14-16-18-20-22-24-25-26-27-28-29-31-33-35-37-39-41-43-45-47-54(59)65-52(51-64-56(55(60)61)62-49-48-57(3,4)5)50-63-53(58)46-44-42-40-38-36-34-32-30-23-21-19-17-15-13-11-9-7-2/h8,10,14,16,20,22,25-26,28-29,33,35,52,56H,6-7,9,11-13,15,17-19,21,23-24,27,30-32,34,36-51H2,1-5H3/p+1/b10-8-,16-14-,22-20-,26-25-,29-28-,35-33-. The molecule has 0 bridgehead atoms. The molecule has 0 amide bonds. The molecule has 2 atom stereocenters. The normalized spacial score (nSPS) is 13.4. The summed E-state index contributed by atoms with van der Waals surface area (Å²) in [6.07, 6.45) is 56.8. The van der Waals surface area contributed by atoms with Crippen LogP contribution in [0.5, 0.6) is 0 Å². The Morgan fingerprint density at radius 3 is 1.31 bits per heavy atom. The Hall–Kier alpha value is -3.27. The summed E-state index contributed by atoms with van der Waals surface area (Å²) in [5.41, 5.74) is 0. The number of carboxylic acid groups (broad SMARTS) is 1. The molecule has 0 aliphatic heterocycles. The number of ether oxygens (including phenoxy) is 4. The fourth-order valence-electron chi connectivity index (χ4n) is 6.96. The molecule has 0 aromatic carbocycles. The van der Waals surface area contributed by atoms with Crippen LogP contribution >= 0.6 is 0 Å². The summed E-state index contributed by atoms with van der Waals surface area (Å²) in [6, 6.07) is 0. The minimum atomic E-state index is -1.52. The second-order valence-electron chi connectivity index (χ2n) is 18.5. The van der Waals surface area contributed by atoms with Crippen molar-refractivity contribution in [2.45, 2.75) is 219 Å². The van der Waals surface area contributed by atoms with Gasteiger partial charge >= 0.3 is 17.9 Å². The molecule has 9 nitrogen and oxygen atoms in total. The number of nitrogens with zero attached hydrogens (tertiary/aromatic N) is 1. The van der Waals surface area contributed by atoms with E-state index in [9.17, 15) is 19.5 Å². The van der Waals surface area contributed by atoms with Crippen LogP contribution in [0.4, 0.5) is 0 Å². The quantitative estimate of drug-likeness (QED) is 0.0211. The fourth-order valence-corrected chi connectivity index (χ4v) is 6.96. The van der Waals surface area contributed by atoms with E-state index in [2.05, 4.69) is 86.8 Å². The third-order valence-corrected chi connectivity index (χ3v) is 11.0. The molecular formula is C56H98NO8+. The number of carbonyl (C=O) groups excluding carboxylic acids is 2. The minimum absolute atomic E-state index is 0.180. The largest absolute Gasteiger partial charge is 0.477 e. The van der Waals surface area contributed by atoms with Gasteiger partial charge in [-0.3, -0.25) is 9.59 Å². The Morgan fingerprint density at radius 2 is 0.877 bits per heavy atom. The first-order chi connectivity index (χ1) is 31.6. The highest BCUT2D eigenvalue weighted by Gasteiger charge is 2.25. The molecule has 0 aromatic heterocycles. The van der Waals surface area contributed by atoms with Gasteiger partial charge in [-0.2, -0.15) is 0 Å². The van der Waals surface area contributed by atoms with E-state index in [-0.39, 0.29) is 32.2 Å². The van der Waals surface area contributed by atoms with Crippen molar-refractivity contribution in [3.63, 3.8) is 0 Å². The van der Waals surface area contributed by atoms with E-state index in [0.29, 0.717) is 23.9 Å². The van der Waals surface area contributed by atoms with Crippen LogP contribution in [-0.2, 0) is 33.3 Å². The SMILES string of the molecule is CC/C=C\C/C=C\C/C=C\C/C=C\C/C=C\C/C=C\CCCCCCC(=O)OC(COC(=O)CCCCCCCCCCCCCCCCCCC)COC(OCC[N+](C)(C)C)C(=O)O. The van der Waals surface area contributed by atoms with Crippen LogP contribution in [0.3, 0.4) is 0 Å².